The van der Waals surface area contributed by atoms with Gasteiger partial charge in [0.25, 0.3) is 5.91 Å². The van der Waals surface area contributed by atoms with Gasteiger partial charge in [0, 0.05) is 43.4 Å². The molecule has 27 heavy (non-hydrogen) atoms. The molecule has 0 bridgehead atoms. The molecule has 0 radical (unpaired) electrons. The lowest BCUT2D eigenvalue weighted by molar-refractivity contribution is 0.103. The van der Waals surface area contributed by atoms with E-state index in [0.29, 0.717) is 16.7 Å². The van der Waals surface area contributed by atoms with E-state index in [1.54, 1.807) is 24.6 Å². The molecule has 0 aliphatic carbocycles. The summed E-state index contributed by atoms with van der Waals surface area (Å²) >= 11 is 1.57. The number of nitrogens with one attached hydrogen (secondary N) is 1. The molecule has 4 heterocycles. The zero-order chi connectivity index (χ0) is 18.6. The Balaban J connectivity index is 1.35. The average Bonchev–Trinajstić information content (AvgIpc) is 3.43. The van der Waals surface area contributed by atoms with Gasteiger partial charge in [-0.2, -0.15) is 15.0 Å². The van der Waals surface area contributed by atoms with E-state index in [4.69, 9.17) is 0 Å². The summed E-state index contributed by atoms with van der Waals surface area (Å²) in [6.45, 7) is 3.10. The highest BCUT2D eigenvalue weighted by molar-refractivity contribution is 7.14. The molecule has 4 rings (SSSR count). The number of carbonyl (C=O) groups excluding carboxylic acids is 1. The lowest BCUT2D eigenvalue weighted by Crippen LogP contribution is -2.24. The summed E-state index contributed by atoms with van der Waals surface area (Å²) in [4.78, 5) is 18.4. The third-order valence-electron chi connectivity index (χ3n) is 4.78. The molecule has 0 saturated carbocycles. The third-order valence-corrected chi connectivity index (χ3v) is 5.96. The lowest BCUT2D eigenvalue weighted by Gasteiger charge is -2.23. The second-order valence-electron chi connectivity index (χ2n) is 6.69. The first-order chi connectivity index (χ1) is 13.2. The van der Waals surface area contributed by atoms with Crippen LogP contribution >= 0.6 is 11.3 Å². The molecule has 1 atom stereocenters. The molecule has 1 aliphatic heterocycles. The predicted octanol–water partition coefficient (Wildman–Crippen LogP) is 2.55. The standard InChI is InChI=1S/C18H23N7OS/c1-23-20-13-17(22-23)21-18(26)16-7-6-15(27-16)14-5-2-9-24(14)10-4-12-25-11-3-8-19-25/h3,6-8,11,13-14H,2,4-5,9-10,12H2,1H3,(H,21,22,26). The Morgan fingerprint density at radius 2 is 2.26 bits per heavy atom. The summed E-state index contributed by atoms with van der Waals surface area (Å²) in [5.41, 5.74) is 0. The van der Waals surface area contributed by atoms with Crippen molar-refractivity contribution in [3.05, 3.63) is 46.5 Å². The number of likely N-dealkylation sites (tertiary alicyclic amines) is 1. The molecule has 1 amide bonds. The van der Waals surface area contributed by atoms with Crippen molar-refractivity contribution in [2.75, 3.05) is 18.4 Å². The minimum absolute atomic E-state index is 0.130. The highest BCUT2D eigenvalue weighted by Gasteiger charge is 2.27. The van der Waals surface area contributed by atoms with Crippen molar-refractivity contribution in [3.63, 3.8) is 0 Å². The molecule has 0 spiro atoms. The highest BCUT2D eigenvalue weighted by Crippen LogP contribution is 2.36. The van der Waals surface area contributed by atoms with Crippen molar-refractivity contribution >= 4 is 23.1 Å². The fraction of sp³-hybridized carbons (Fsp3) is 0.444. The maximum absolute atomic E-state index is 12.4. The van der Waals surface area contributed by atoms with Crippen LogP contribution in [0.2, 0.25) is 0 Å². The average molecular weight is 385 g/mol. The molecule has 0 aromatic carbocycles. The van der Waals surface area contributed by atoms with Gasteiger partial charge in [0.2, 0.25) is 0 Å². The number of thiophene rings is 1. The van der Waals surface area contributed by atoms with E-state index in [1.165, 1.54) is 16.1 Å². The second kappa shape index (κ2) is 8.01. The topological polar surface area (TPSA) is 80.9 Å². The van der Waals surface area contributed by atoms with Gasteiger partial charge in [0.1, 0.15) is 0 Å². The van der Waals surface area contributed by atoms with Crippen molar-refractivity contribution in [3.8, 4) is 0 Å². The molecule has 8 nitrogen and oxygen atoms in total. The fourth-order valence-electron chi connectivity index (χ4n) is 3.52. The molecular weight excluding hydrogens is 362 g/mol. The normalized spacial score (nSPS) is 17.4. The first kappa shape index (κ1) is 17.9. The number of hydrogen-bond acceptors (Lipinski definition) is 6. The van der Waals surface area contributed by atoms with Crippen LogP contribution in [0.5, 0.6) is 0 Å². The van der Waals surface area contributed by atoms with Crippen molar-refractivity contribution in [1.29, 1.82) is 0 Å². The molecule has 1 aliphatic rings. The van der Waals surface area contributed by atoms with Crippen LogP contribution in [0.3, 0.4) is 0 Å². The van der Waals surface area contributed by atoms with Crippen molar-refractivity contribution in [1.82, 2.24) is 29.7 Å². The number of rotatable bonds is 7. The van der Waals surface area contributed by atoms with Crippen LogP contribution in [0.4, 0.5) is 5.82 Å². The summed E-state index contributed by atoms with van der Waals surface area (Å²) in [6.07, 6.45) is 8.79. The van der Waals surface area contributed by atoms with Crippen LogP contribution < -0.4 is 5.32 Å². The van der Waals surface area contributed by atoms with Crippen LogP contribution in [0.1, 0.15) is 39.9 Å². The van der Waals surface area contributed by atoms with Crippen LogP contribution in [0, 0.1) is 0 Å². The zero-order valence-corrected chi connectivity index (χ0v) is 16.1. The molecule has 9 heteroatoms. The summed E-state index contributed by atoms with van der Waals surface area (Å²) in [7, 11) is 1.72. The molecule has 3 aromatic rings. The largest absolute Gasteiger partial charge is 0.303 e. The molecule has 1 N–H and O–H groups in total. The van der Waals surface area contributed by atoms with Gasteiger partial charge < -0.3 is 5.32 Å². The Labute approximate surface area is 161 Å². The quantitative estimate of drug-likeness (QED) is 0.676. The smallest absolute Gasteiger partial charge is 0.266 e. The van der Waals surface area contributed by atoms with Crippen LogP contribution in [-0.4, -0.2) is 48.7 Å². The van der Waals surface area contributed by atoms with E-state index in [9.17, 15) is 4.79 Å². The van der Waals surface area contributed by atoms with Gasteiger partial charge in [-0.1, -0.05) is 0 Å². The Kier molecular flexibility index (Phi) is 5.30. The maximum Gasteiger partial charge on any atom is 0.266 e. The summed E-state index contributed by atoms with van der Waals surface area (Å²) < 4.78 is 1.98. The Morgan fingerprint density at radius 3 is 3.04 bits per heavy atom. The molecule has 142 valence electrons. The van der Waals surface area contributed by atoms with Crippen molar-refractivity contribution in [2.45, 2.75) is 31.8 Å². The van der Waals surface area contributed by atoms with E-state index in [0.717, 1.165) is 32.5 Å². The Hall–Kier alpha value is -2.52. The number of aromatic nitrogens is 5. The van der Waals surface area contributed by atoms with E-state index < -0.39 is 0 Å². The van der Waals surface area contributed by atoms with Gasteiger partial charge in [-0.25, -0.2) is 0 Å². The molecular formula is C18H23N7OS. The maximum atomic E-state index is 12.4. The van der Waals surface area contributed by atoms with Gasteiger partial charge in [-0.3, -0.25) is 14.4 Å². The Bertz CT molecular complexity index is 885. The van der Waals surface area contributed by atoms with Gasteiger partial charge in [0.05, 0.1) is 11.1 Å². The van der Waals surface area contributed by atoms with E-state index in [2.05, 4.69) is 31.6 Å². The number of carbonyl (C=O) groups is 1. The van der Waals surface area contributed by atoms with Crippen LogP contribution in [0.25, 0.3) is 0 Å². The minimum atomic E-state index is -0.130. The number of amides is 1. The number of aryl methyl sites for hydroxylation is 2. The van der Waals surface area contributed by atoms with Crippen molar-refractivity contribution in [2.24, 2.45) is 7.05 Å². The van der Waals surface area contributed by atoms with Crippen LogP contribution in [-0.2, 0) is 13.6 Å². The summed E-state index contributed by atoms with van der Waals surface area (Å²) in [6, 6.07) is 6.36. The monoisotopic (exact) mass is 385 g/mol. The molecule has 1 unspecified atom stereocenters. The Morgan fingerprint density at radius 1 is 1.33 bits per heavy atom. The van der Waals surface area contributed by atoms with Gasteiger partial charge >= 0.3 is 0 Å². The van der Waals surface area contributed by atoms with E-state index >= 15 is 0 Å². The molecule has 3 aromatic heterocycles. The van der Waals surface area contributed by atoms with E-state index in [1.807, 2.05) is 29.2 Å². The van der Waals surface area contributed by atoms with Gasteiger partial charge in [-0.15, -0.1) is 16.4 Å². The minimum Gasteiger partial charge on any atom is -0.303 e. The molecule has 1 saturated heterocycles. The fourth-order valence-corrected chi connectivity index (χ4v) is 4.59. The van der Waals surface area contributed by atoms with Gasteiger partial charge in [-0.05, 0) is 44.0 Å². The lowest BCUT2D eigenvalue weighted by atomic mass is 10.2. The summed E-state index contributed by atoms with van der Waals surface area (Å²) in [5, 5.41) is 15.1. The third kappa shape index (κ3) is 4.25. The predicted molar refractivity (Wildman–Crippen MR) is 104 cm³/mol. The van der Waals surface area contributed by atoms with Gasteiger partial charge in [0.15, 0.2) is 5.82 Å². The second-order valence-corrected chi connectivity index (χ2v) is 7.81. The highest BCUT2D eigenvalue weighted by atomic mass is 32.1. The number of nitrogens with zero attached hydrogens (tertiary/aromatic N) is 6. The van der Waals surface area contributed by atoms with E-state index in [-0.39, 0.29) is 5.91 Å². The molecule has 1 fully saturated rings. The number of anilines is 1. The zero-order valence-electron chi connectivity index (χ0n) is 15.3. The first-order valence-electron chi connectivity index (χ1n) is 9.18. The van der Waals surface area contributed by atoms with Crippen molar-refractivity contribution < 1.29 is 4.79 Å². The van der Waals surface area contributed by atoms with Crippen LogP contribution in [0.15, 0.2) is 36.8 Å². The first-order valence-corrected chi connectivity index (χ1v) is 9.99. The SMILES string of the molecule is Cn1ncc(NC(=O)c2ccc(C3CCCN3CCCn3cccn3)s2)n1. The summed E-state index contributed by atoms with van der Waals surface area (Å²) in [5.74, 6) is 0.341. The number of hydrogen-bond donors (Lipinski definition) is 1.